The minimum Gasteiger partial charge on any atom is -0.393 e. The van der Waals surface area contributed by atoms with Crippen LogP contribution >= 0.6 is 0 Å². The lowest BCUT2D eigenvalue weighted by atomic mass is 9.49. The summed E-state index contributed by atoms with van der Waals surface area (Å²) in [7, 11) is 0. The summed E-state index contributed by atoms with van der Waals surface area (Å²) in [5.41, 5.74) is 0.436. The molecule has 0 heterocycles. The van der Waals surface area contributed by atoms with Crippen LogP contribution in [-0.4, -0.2) is 17.0 Å². The summed E-state index contributed by atoms with van der Waals surface area (Å²) in [4.78, 5) is 11.8. The van der Waals surface area contributed by atoms with Crippen molar-refractivity contribution in [3.8, 4) is 0 Å². The molecule has 24 heavy (non-hydrogen) atoms. The lowest BCUT2D eigenvalue weighted by Gasteiger charge is -2.56. The summed E-state index contributed by atoms with van der Waals surface area (Å²) in [6.07, 6.45) is 13.4. The number of Topliss-reactive ketones (excluding diaryl/α,β-unsaturated/α-hetero) is 1. The second-order valence-electron chi connectivity index (χ2n) is 9.50. The first-order chi connectivity index (χ1) is 11.5. The minimum absolute atomic E-state index is 0.0555. The zero-order valence-electron chi connectivity index (χ0n) is 16.1. The molecule has 0 aromatic carbocycles. The molecule has 0 aromatic heterocycles. The van der Waals surface area contributed by atoms with Crippen molar-refractivity contribution in [1.29, 1.82) is 0 Å². The first-order valence-electron chi connectivity index (χ1n) is 10.6. The Balaban J connectivity index is 1.77. The Hall–Kier alpha value is -0.370. The van der Waals surface area contributed by atoms with E-state index in [-0.39, 0.29) is 6.10 Å². The van der Waals surface area contributed by atoms with Gasteiger partial charge in [0.05, 0.1) is 6.10 Å². The van der Waals surface area contributed by atoms with Gasteiger partial charge in [-0.3, -0.25) is 4.79 Å². The van der Waals surface area contributed by atoms with Gasteiger partial charge in [0, 0.05) is 5.92 Å². The van der Waals surface area contributed by atoms with Crippen molar-refractivity contribution in [1.82, 2.24) is 0 Å². The van der Waals surface area contributed by atoms with Gasteiger partial charge in [-0.05, 0) is 93.8 Å². The number of unbranched alkanes of at least 4 members (excludes halogenated alkanes) is 1. The summed E-state index contributed by atoms with van der Waals surface area (Å²) in [5.74, 6) is 3.93. The van der Waals surface area contributed by atoms with Crippen molar-refractivity contribution in [3.05, 3.63) is 0 Å². The minimum atomic E-state index is -0.0555. The second-order valence-corrected chi connectivity index (χ2v) is 9.50. The largest absolute Gasteiger partial charge is 0.393 e. The van der Waals surface area contributed by atoms with Gasteiger partial charge in [0.2, 0.25) is 0 Å². The van der Waals surface area contributed by atoms with Crippen LogP contribution in [0.2, 0.25) is 0 Å². The average Bonchev–Trinajstić information content (AvgIpc) is 3.03. The van der Waals surface area contributed by atoms with Crippen LogP contribution in [0, 0.1) is 35.0 Å². The van der Waals surface area contributed by atoms with E-state index in [1.807, 2.05) is 0 Å². The highest BCUT2D eigenvalue weighted by Gasteiger charge is 2.52. The summed E-state index contributed by atoms with van der Waals surface area (Å²) in [5, 5.41) is 10.2. The Labute approximate surface area is 148 Å². The lowest BCUT2D eigenvalue weighted by molar-refractivity contribution is -0.120. The Morgan fingerprint density at radius 2 is 1.92 bits per heavy atom. The van der Waals surface area contributed by atoms with Crippen LogP contribution < -0.4 is 0 Å². The molecule has 3 aliphatic rings. The van der Waals surface area contributed by atoms with E-state index in [0.29, 0.717) is 17.1 Å². The predicted octanol–water partition coefficient (Wildman–Crippen LogP) is 5.38. The number of rotatable bonds is 5. The average molecular weight is 335 g/mol. The van der Waals surface area contributed by atoms with Gasteiger partial charge < -0.3 is 5.11 Å². The van der Waals surface area contributed by atoms with Crippen molar-refractivity contribution in [2.45, 2.75) is 97.5 Å². The predicted molar refractivity (Wildman–Crippen MR) is 98.7 cm³/mol. The maximum Gasteiger partial charge on any atom is 0.132 e. The maximum absolute atomic E-state index is 11.8. The molecule has 3 aliphatic carbocycles. The molecule has 1 N–H and O–H groups in total. The van der Waals surface area contributed by atoms with Gasteiger partial charge in [-0.2, -0.15) is 0 Å². The molecule has 0 radical (unpaired) electrons. The van der Waals surface area contributed by atoms with E-state index in [1.165, 1.54) is 44.9 Å². The monoisotopic (exact) mass is 334 g/mol. The van der Waals surface area contributed by atoms with E-state index < -0.39 is 0 Å². The van der Waals surface area contributed by atoms with E-state index in [1.54, 1.807) is 6.92 Å². The molecule has 3 saturated carbocycles. The topological polar surface area (TPSA) is 37.3 Å². The third kappa shape index (κ3) is 3.45. The number of hydrogen-bond donors (Lipinski definition) is 1. The molecule has 0 aliphatic heterocycles. The van der Waals surface area contributed by atoms with E-state index in [4.69, 9.17) is 0 Å². The van der Waals surface area contributed by atoms with Gasteiger partial charge >= 0.3 is 0 Å². The fraction of sp³-hybridized carbons (Fsp3) is 0.955. The second kappa shape index (κ2) is 7.48. The molecule has 0 aromatic rings. The summed E-state index contributed by atoms with van der Waals surface area (Å²) >= 11 is 0. The third-order valence-electron chi connectivity index (χ3n) is 8.24. The summed E-state index contributed by atoms with van der Waals surface area (Å²) in [6, 6.07) is 0. The Bertz CT molecular complexity index is 445. The van der Waals surface area contributed by atoms with Crippen molar-refractivity contribution in [2.24, 2.45) is 35.0 Å². The highest BCUT2D eigenvalue weighted by Crippen LogP contribution is 2.59. The van der Waals surface area contributed by atoms with Gasteiger partial charge in [-0.25, -0.2) is 0 Å². The number of fused-ring (bicyclic) bond motifs is 1. The normalized spacial score (nSPS) is 45.8. The maximum atomic E-state index is 11.8. The van der Waals surface area contributed by atoms with Crippen LogP contribution in [0.3, 0.4) is 0 Å². The number of hydrogen-bond acceptors (Lipinski definition) is 2. The molecule has 7 atom stereocenters. The van der Waals surface area contributed by atoms with Crippen LogP contribution in [0.15, 0.2) is 0 Å². The molecule has 138 valence electrons. The molecule has 0 saturated heterocycles. The highest BCUT2D eigenvalue weighted by molar-refractivity contribution is 5.78. The molecule has 3 fully saturated rings. The van der Waals surface area contributed by atoms with Crippen LogP contribution in [0.5, 0.6) is 0 Å². The summed E-state index contributed by atoms with van der Waals surface area (Å²) < 4.78 is 0. The zero-order chi connectivity index (χ0) is 17.3. The van der Waals surface area contributed by atoms with Gasteiger partial charge in [0.25, 0.3) is 0 Å². The molecule has 3 unspecified atom stereocenters. The Morgan fingerprint density at radius 3 is 2.58 bits per heavy atom. The first kappa shape index (κ1) is 18.4. The molecule has 2 nitrogen and oxygen atoms in total. The molecule has 0 spiro atoms. The van der Waals surface area contributed by atoms with Gasteiger partial charge in [-0.15, -0.1) is 0 Å². The van der Waals surface area contributed by atoms with Crippen molar-refractivity contribution >= 4 is 5.78 Å². The SMILES string of the molecule is CCCCC1C(C2CC[C@H](C(C)=O)C2)CC[C@@H]2C[C@@H](O)CC[C@]12C. The molecule has 0 bridgehead atoms. The standard InChI is InChI=1S/C22H38O2/c1-4-5-6-21-20(17-8-7-16(13-17)15(2)23)10-9-18-14-19(24)11-12-22(18,21)3/h16-21,24H,4-14H2,1-3H3/t16-,17?,18+,19-,20?,21?,22-/m0/s1. The van der Waals surface area contributed by atoms with E-state index in [9.17, 15) is 9.90 Å². The first-order valence-corrected chi connectivity index (χ1v) is 10.6. The number of aliphatic hydroxyl groups is 1. The molecular weight excluding hydrogens is 296 g/mol. The van der Waals surface area contributed by atoms with Gasteiger partial charge in [-0.1, -0.05) is 26.7 Å². The fourth-order valence-electron chi connectivity index (χ4n) is 6.72. The van der Waals surface area contributed by atoms with E-state index in [2.05, 4.69) is 13.8 Å². The van der Waals surface area contributed by atoms with Crippen molar-refractivity contribution in [3.63, 3.8) is 0 Å². The van der Waals surface area contributed by atoms with Crippen LogP contribution in [0.25, 0.3) is 0 Å². The molecule has 3 rings (SSSR count). The van der Waals surface area contributed by atoms with E-state index in [0.717, 1.165) is 49.4 Å². The molecule has 0 amide bonds. The number of carbonyl (C=O) groups is 1. The fourth-order valence-corrected chi connectivity index (χ4v) is 6.72. The van der Waals surface area contributed by atoms with Gasteiger partial charge in [0.15, 0.2) is 0 Å². The van der Waals surface area contributed by atoms with E-state index >= 15 is 0 Å². The van der Waals surface area contributed by atoms with Crippen LogP contribution in [-0.2, 0) is 4.79 Å². The smallest absolute Gasteiger partial charge is 0.132 e. The number of aliphatic hydroxyl groups excluding tert-OH is 1. The Kier molecular flexibility index (Phi) is 5.74. The number of carbonyl (C=O) groups excluding carboxylic acids is 1. The zero-order valence-corrected chi connectivity index (χ0v) is 16.1. The highest BCUT2D eigenvalue weighted by atomic mass is 16.3. The lowest BCUT2D eigenvalue weighted by Crippen LogP contribution is -2.49. The van der Waals surface area contributed by atoms with Crippen molar-refractivity contribution in [2.75, 3.05) is 0 Å². The Morgan fingerprint density at radius 1 is 1.12 bits per heavy atom. The third-order valence-corrected chi connectivity index (χ3v) is 8.24. The van der Waals surface area contributed by atoms with Crippen LogP contribution in [0.4, 0.5) is 0 Å². The molecule has 2 heteroatoms. The van der Waals surface area contributed by atoms with Crippen molar-refractivity contribution < 1.29 is 9.90 Å². The van der Waals surface area contributed by atoms with Gasteiger partial charge in [0.1, 0.15) is 5.78 Å². The summed E-state index contributed by atoms with van der Waals surface area (Å²) in [6.45, 7) is 6.65. The quantitative estimate of drug-likeness (QED) is 0.733. The molecular formula is C22H38O2. The van der Waals surface area contributed by atoms with Crippen LogP contribution in [0.1, 0.15) is 91.4 Å². The number of ketones is 1.